The standard InChI is InChI=1S/C3H2N2O2S2/c4-1-2(3(8)9)5(6)7/h4H,(H,8,9). The lowest BCUT2D eigenvalue weighted by atomic mass is 10.6. The van der Waals surface area contributed by atoms with Crippen LogP contribution >= 0.6 is 24.8 Å². The Hall–Kier alpha value is -0.710. The Labute approximate surface area is 61.6 Å². The average Bonchev–Trinajstić information content (AvgIpc) is 1.64. The van der Waals surface area contributed by atoms with Gasteiger partial charge in [0.05, 0.1) is 10.8 Å². The summed E-state index contributed by atoms with van der Waals surface area (Å²) in [7, 11) is 0. The molecule has 4 nitrogen and oxygen atoms in total. The molecule has 0 aromatic carbocycles. The normalized spacial score (nSPS) is 7.67. The van der Waals surface area contributed by atoms with E-state index in [4.69, 9.17) is 5.41 Å². The number of nitrogens with one attached hydrogen (secondary N) is 1. The third kappa shape index (κ3) is 2.36. The van der Waals surface area contributed by atoms with Gasteiger partial charge in [0.15, 0.2) is 4.20 Å². The van der Waals surface area contributed by atoms with Crippen LogP contribution in [-0.2, 0) is 0 Å². The van der Waals surface area contributed by atoms with Crippen LogP contribution in [0.4, 0.5) is 0 Å². The molecule has 0 aromatic heterocycles. The van der Waals surface area contributed by atoms with Gasteiger partial charge in [0.25, 0.3) is 0 Å². The topological polar surface area (TPSA) is 67.0 Å². The van der Waals surface area contributed by atoms with Crippen LogP contribution in [-0.4, -0.2) is 15.0 Å². The molecular formula is C3H2N2O2S2. The van der Waals surface area contributed by atoms with Crippen LogP contribution in [0.1, 0.15) is 0 Å². The molecule has 48 valence electrons. The van der Waals surface area contributed by atoms with Gasteiger partial charge >= 0.3 is 5.70 Å². The molecule has 1 N–H and O–H groups in total. The highest BCUT2D eigenvalue weighted by Crippen LogP contribution is 1.97. The number of nitro groups is 1. The zero-order valence-corrected chi connectivity index (χ0v) is 5.83. The fourth-order valence-electron chi connectivity index (χ4n) is 0.177. The summed E-state index contributed by atoms with van der Waals surface area (Å²) in [6.07, 6.45) is 0. The van der Waals surface area contributed by atoms with Gasteiger partial charge < -0.3 is 0 Å². The van der Waals surface area contributed by atoms with E-state index >= 15 is 0 Å². The SMILES string of the molecule is N=C=C(C(=S)S)[N+](=O)[O-]. The van der Waals surface area contributed by atoms with Gasteiger partial charge in [-0.15, -0.1) is 12.6 Å². The van der Waals surface area contributed by atoms with Crippen molar-refractivity contribution in [3.8, 4) is 0 Å². The van der Waals surface area contributed by atoms with Crippen molar-refractivity contribution in [1.29, 1.82) is 5.41 Å². The maximum absolute atomic E-state index is 9.82. The minimum atomic E-state index is -0.803. The molecule has 0 aliphatic rings. The lowest BCUT2D eigenvalue weighted by Gasteiger charge is -1.85. The van der Waals surface area contributed by atoms with Crippen molar-refractivity contribution in [3.63, 3.8) is 0 Å². The van der Waals surface area contributed by atoms with Crippen molar-refractivity contribution in [3.05, 3.63) is 15.8 Å². The summed E-state index contributed by atoms with van der Waals surface area (Å²) in [5.41, 5.74) is -0.576. The summed E-state index contributed by atoms with van der Waals surface area (Å²) < 4.78 is -0.227. The second-order valence-corrected chi connectivity index (χ2v) is 2.19. The molecule has 0 aliphatic carbocycles. The summed E-state index contributed by atoms with van der Waals surface area (Å²) in [6, 6.07) is 0. The van der Waals surface area contributed by atoms with E-state index < -0.39 is 10.6 Å². The molecular weight excluding hydrogens is 160 g/mol. The highest BCUT2D eigenvalue weighted by molar-refractivity contribution is 8.11. The van der Waals surface area contributed by atoms with E-state index in [1.165, 1.54) is 0 Å². The Balaban J connectivity index is 4.59. The summed E-state index contributed by atoms with van der Waals surface area (Å²) in [5.74, 6) is 1.55. The first-order valence-corrected chi connectivity index (χ1v) is 2.62. The van der Waals surface area contributed by atoms with E-state index in [0.29, 0.717) is 0 Å². The molecule has 0 amide bonds. The first-order chi connectivity index (χ1) is 4.09. The maximum atomic E-state index is 9.82. The molecule has 0 bridgehead atoms. The smallest absolute Gasteiger partial charge is 0.258 e. The molecule has 0 radical (unpaired) electrons. The summed E-state index contributed by atoms with van der Waals surface area (Å²) >= 11 is 7.78. The fraction of sp³-hybridized carbons (Fsp3) is 0. The van der Waals surface area contributed by atoms with E-state index in [1.807, 2.05) is 0 Å². The van der Waals surface area contributed by atoms with E-state index in [2.05, 4.69) is 24.8 Å². The lowest BCUT2D eigenvalue weighted by molar-refractivity contribution is -0.411. The lowest BCUT2D eigenvalue weighted by Crippen LogP contribution is -2.04. The average molecular weight is 162 g/mol. The predicted octanol–water partition coefficient (Wildman–Crippen LogP) is 0.653. The molecule has 0 rings (SSSR count). The second-order valence-electron chi connectivity index (χ2n) is 1.04. The molecule has 0 unspecified atom stereocenters. The molecule has 9 heavy (non-hydrogen) atoms. The molecule has 0 aliphatic heterocycles. The predicted molar refractivity (Wildman–Crippen MR) is 39.8 cm³/mol. The summed E-state index contributed by atoms with van der Waals surface area (Å²) in [6.45, 7) is 0. The molecule has 0 heterocycles. The largest absolute Gasteiger partial charge is 0.353 e. The van der Waals surface area contributed by atoms with Crippen LogP contribution in [0.5, 0.6) is 0 Å². The van der Waals surface area contributed by atoms with Crippen molar-refractivity contribution in [1.82, 2.24) is 0 Å². The quantitative estimate of drug-likeness (QED) is 0.156. The van der Waals surface area contributed by atoms with Gasteiger partial charge in [0, 0.05) is 0 Å². The van der Waals surface area contributed by atoms with Crippen LogP contribution in [0, 0.1) is 15.5 Å². The maximum Gasteiger partial charge on any atom is 0.353 e. The molecule has 0 spiro atoms. The molecule has 6 heteroatoms. The van der Waals surface area contributed by atoms with Crippen molar-refractivity contribution >= 4 is 34.9 Å². The van der Waals surface area contributed by atoms with Crippen molar-refractivity contribution in [2.24, 2.45) is 0 Å². The molecule has 0 saturated carbocycles. The fourth-order valence-corrected chi connectivity index (χ4v) is 0.440. The van der Waals surface area contributed by atoms with E-state index in [-0.39, 0.29) is 4.20 Å². The second kappa shape index (κ2) is 3.34. The molecule has 0 aromatic rings. The number of thiol groups is 1. The van der Waals surface area contributed by atoms with Crippen molar-refractivity contribution in [2.75, 3.05) is 0 Å². The highest BCUT2D eigenvalue weighted by Gasteiger charge is 2.12. The Morgan fingerprint density at radius 2 is 2.33 bits per heavy atom. The van der Waals surface area contributed by atoms with Crippen LogP contribution < -0.4 is 0 Å². The Kier molecular flexibility index (Phi) is 3.08. The molecule has 0 fully saturated rings. The Morgan fingerprint density at radius 1 is 1.89 bits per heavy atom. The number of hydrogen-bond acceptors (Lipinski definition) is 4. The van der Waals surface area contributed by atoms with Gasteiger partial charge in [-0.2, -0.15) is 0 Å². The molecule has 0 atom stereocenters. The Morgan fingerprint density at radius 3 is 2.33 bits per heavy atom. The van der Waals surface area contributed by atoms with Crippen LogP contribution in [0.3, 0.4) is 0 Å². The van der Waals surface area contributed by atoms with Gasteiger partial charge in [0.2, 0.25) is 0 Å². The number of nitrogens with zero attached hydrogens (tertiary/aromatic N) is 1. The van der Waals surface area contributed by atoms with Crippen LogP contribution in [0.25, 0.3) is 0 Å². The van der Waals surface area contributed by atoms with Gasteiger partial charge in [-0.1, -0.05) is 12.2 Å². The van der Waals surface area contributed by atoms with Gasteiger partial charge in [-0.05, 0) is 0 Å². The zero-order chi connectivity index (χ0) is 7.44. The van der Waals surface area contributed by atoms with Gasteiger partial charge in [0.1, 0.15) is 0 Å². The summed E-state index contributed by atoms with van der Waals surface area (Å²) in [5, 5.41) is 16.2. The number of rotatable bonds is 2. The van der Waals surface area contributed by atoms with Gasteiger partial charge in [-0.25, -0.2) is 0 Å². The summed E-state index contributed by atoms with van der Waals surface area (Å²) in [4.78, 5) is 9.02. The monoisotopic (exact) mass is 162 g/mol. The van der Waals surface area contributed by atoms with Crippen molar-refractivity contribution in [2.45, 2.75) is 0 Å². The van der Waals surface area contributed by atoms with Gasteiger partial charge in [-0.3, -0.25) is 15.5 Å². The van der Waals surface area contributed by atoms with Crippen LogP contribution in [0.2, 0.25) is 0 Å². The minimum Gasteiger partial charge on any atom is -0.258 e. The van der Waals surface area contributed by atoms with Crippen molar-refractivity contribution < 1.29 is 4.92 Å². The molecule has 0 saturated heterocycles. The zero-order valence-electron chi connectivity index (χ0n) is 4.12. The van der Waals surface area contributed by atoms with Crippen LogP contribution in [0.15, 0.2) is 5.70 Å². The first-order valence-electron chi connectivity index (χ1n) is 1.77. The number of hydrogen-bond donors (Lipinski definition) is 2. The van der Waals surface area contributed by atoms with E-state index in [9.17, 15) is 10.1 Å². The first kappa shape index (κ1) is 8.29. The minimum absolute atomic E-state index is 0.227. The Bertz CT molecular complexity index is 190. The van der Waals surface area contributed by atoms with E-state index in [0.717, 1.165) is 0 Å². The third-order valence-corrected chi connectivity index (χ3v) is 0.909. The third-order valence-electron chi connectivity index (χ3n) is 0.504. The van der Waals surface area contributed by atoms with E-state index in [1.54, 1.807) is 5.87 Å². The number of thiocarbonyl (C=S) groups is 1. The highest BCUT2D eigenvalue weighted by atomic mass is 32.1.